The maximum Gasteiger partial charge on any atom is 0.119 e. The molecule has 0 aromatic heterocycles. The van der Waals surface area contributed by atoms with Crippen LogP contribution in [0.5, 0.6) is 5.75 Å². The first-order valence-electron chi connectivity index (χ1n) is 6.80. The lowest BCUT2D eigenvalue weighted by molar-refractivity contribution is 0.302. The highest BCUT2D eigenvalue weighted by atomic mass is 79.9. The third-order valence-corrected chi connectivity index (χ3v) is 3.98. The Morgan fingerprint density at radius 1 is 1.39 bits per heavy atom. The molecule has 1 aromatic carbocycles. The van der Waals surface area contributed by atoms with Crippen molar-refractivity contribution in [2.24, 2.45) is 5.92 Å². The Hall–Kier alpha value is -0.540. The molecule has 1 N–H and O–H groups in total. The van der Waals surface area contributed by atoms with Gasteiger partial charge in [-0.3, -0.25) is 0 Å². The molecule has 0 heterocycles. The van der Waals surface area contributed by atoms with Crippen LogP contribution in [0.4, 0.5) is 0 Å². The van der Waals surface area contributed by atoms with Crippen molar-refractivity contribution in [3.8, 4) is 5.75 Å². The number of halogens is 1. The summed E-state index contributed by atoms with van der Waals surface area (Å²) >= 11 is 3.59. The Labute approximate surface area is 118 Å². The van der Waals surface area contributed by atoms with Gasteiger partial charge in [-0.25, -0.2) is 0 Å². The van der Waals surface area contributed by atoms with Gasteiger partial charge in [0.25, 0.3) is 0 Å². The van der Waals surface area contributed by atoms with E-state index in [0.29, 0.717) is 6.04 Å². The van der Waals surface area contributed by atoms with E-state index in [9.17, 15) is 0 Å². The van der Waals surface area contributed by atoms with Crippen LogP contribution in [0.1, 0.15) is 38.7 Å². The largest absolute Gasteiger partial charge is 0.494 e. The summed E-state index contributed by atoms with van der Waals surface area (Å²) in [5, 5.41) is 3.43. The van der Waals surface area contributed by atoms with Crippen LogP contribution in [0.25, 0.3) is 0 Å². The van der Waals surface area contributed by atoms with Crippen molar-refractivity contribution in [1.29, 1.82) is 0 Å². The van der Waals surface area contributed by atoms with Crippen molar-refractivity contribution in [3.05, 3.63) is 28.2 Å². The first kappa shape index (κ1) is 13.9. The minimum Gasteiger partial charge on any atom is -0.494 e. The van der Waals surface area contributed by atoms with Gasteiger partial charge in [-0.15, -0.1) is 0 Å². The molecule has 0 aliphatic heterocycles. The highest BCUT2D eigenvalue weighted by Gasteiger charge is 2.20. The van der Waals surface area contributed by atoms with Gasteiger partial charge >= 0.3 is 0 Å². The summed E-state index contributed by atoms with van der Waals surface area (Å²) in [6, 6.07) is 6.74. The summed E-state index contributed by atoms with van der Waals surface area (Å²) < 4.78 is 6.95. The average molecular weight is 312 g/mol. The molecule has 1 aromatic rings. The van der Waals surface area contributed by atoms with E-state index in [1.807, 2.05) is 6.07 Å². The third-order valence-electron chi connectivity index (χ3n) is 3.21. The molecule has 3 heteroatoms. The van der Waals surface area contributed by atoms with Gasteiger partial charge in [-0.05, 0) is 36.1 Å². The number of nitrogens with one attached hydrogen (secondary N) is 1. The van der Waals surface area contributed by atoms with E-state index in [4.69, 9.17) is 4.74 Å². The van der Waals surface area contributed by atoms with Gasteiger partial charge in [-0.2, -0.15) is 0 Å². The predicted molar refractivity (Wildman–Crippen MR) is 79.0 cm³/mol. The molecule has 2 nitrogen and oxygen atoms in total. The van der Waals surface area contributed by atoms with Crippen molar-refractivity contribution in [1.82, 2.24) is 5.32 Å². The summed E-state index contributed by atoms with van der Waals surface area (Å²) in [6.45, 7) is 6.04. The first-order valence-corrected chi connectivity index (χ1v) is 7.59. The maximum absolute atomic E-state index is 5.81. The Balaban J connectivity index is 1.87. The lowest BCUT2D eigenvalue weighted by Crippen LogP contribution is -2.22. The van der Waals surface area contributed by atoms with E-state index >= 15 is 0 Å². The first-order chi connectivity index (χ1) is 8.65. The fourth-order valence-corrected chi connectivity index (χ4v) is 2.23. The second-order valence-corrected chi connectivity index (χ2v) is 6.22. The molecule has 0 spiro atoms. The van der Waals surface area contributed by atoms with Crippen LogP contribution >= 0.6 is 15.9 Å². The lowest BCUT2D eigenvalue weighted by atomic mass is 10.2. The molecule has 2 rings (SSSR count). The van der Waals surface area contributed by atoms with Crippen LogP contribution in [0.15, 0.2) is 22.7 Å². The van der Waals surface area contributed by atoms with E-state index in [1.165, 1.54) is 24.8 Å². The van der Waals surface area contributed by atoms with Crippen LogP contribution in [0.3, 0.4) is 0 Å². The smallest absolute Gasteiger partial charge is 0.119 e. The summed E-state index contributed by atoms with van der Waals surface area (Å²) in [7, 11) is 0. The zero-order chi connectivity index (χ0) is 13.0. The summed E-state index contributed by atoms with van der Waals surface area (Å²) in [5.41, 5.74) is 1.26. The van der Waals surface area contributed by atoms with Crippen LogP contribution in [-0.4, -0.2) is 12.6 Å². The molecular formula is C15H22BrNO. The molecule has 100 valence electrons. The van der Waals surface area contributed by atoms with Gasteiger partial charge in [0.2, 0.25) is 0 Å². The van der Waals surface area contributed by atoms with E-state index in [0.717, 1.165) is 29.3 Å². The molecular weight excluding hydrogens is 290 g/mol. The van der Waals surface area contributed by atoms with Gasteiger partial charge in [0.05, 0.1) is 6.61 Å². The number of hydrogen-bond donors (Lipinski definition) is 1. The van der Waals surface area contributed by atoms with Crippen molar-refractivity contribution in [3.63, 3.8) is 0 Å². The van der Waals surface area contributed by atoms with Crippen molar-refractivity contribution >= 4 is 15.9 Å². The molecule has 18 heavy (non-hydrogen) atoms. The molecule has 0 amide bonds. The fourth-order valence-electron chi connectivity index (χ4n) is 1.84. The molecule has 0 unspecified atom stereocenters. The minimum absolute atomic E-state index is 0.497. The van der Waals surface area contributed by atoms with E-state index in [1.54, 1.807) is 0 Å². The Bertz CT molecular complexity index is 388. The molecule has 0 saturated heterocycles. The van der Waals surface area contributed by atoms with Gasteiger partial charge in [0.15, 0.2) is 0 Å². The molecule has 1 saturated carbocycles. The zero-order valence-electron chi connectivity index (χ0n) is 11.2. The second kappa shape index (κ2) is 6.58. The Morgan fingerprint density at radius 2 is 2.17 bits per heavy atom. The SMILES string of the molecule is CC(C)NCc1cc(OCCC2CC2)ccc1Br. The predicted octanol–water partition coefficient (Wildman–Crippen LogP) is 4.13. The number of benzene rings is 1. The molecule has 0 atom stereocenters. The topological polar surface area (TPSA) is 21.3 Å². The van der Waals surface area contributed by atoms with E-state index in [-0.39, 0.29) is 0 Å². The average Bonchev–Trinajstić information content (AvgIpc) is 3.13. The van der Waals surface area contributed by atoms with Gasteiger partial charge in [0, 0.05) is 17.1 Å². The second-order valence-electron chi connectivity index (χ2n) is 5.37. The number of hydrogen-bond acceptors (Lipinski definition) is 2. The van der Waals surface area contributed by atoms with Crippen LogP contribution < -0.4 is 10.1 Å². The van der Waals surface area contributed by atoms with E-state index in [2.05, 4.69) is 47.2 Å². The monoisotopic (exact) mass is 311 g/mol. The van der Waals surface area contributed by atoms with Crippen molar-refractivity contribution in [2.75, 3.05) is 6.61 Å². The normalized spacial score (nSPS) is 15.1. The third kappa shape index (κ3) is 4.62. The minimum atomic E-state index is 0.497. The molecule has 1 aliphatic carbocycles. The van der Waals surface area contributed by atoms with E-state index < -0.39 is 0 Å². The Morgan fingerprint density at radius 3 is 2.83 bits per heavy atom. The summed E-state index contributed by atoms with van der Waals surface area (Å²) in [4.78, 5) is 0. The van der Waals surface area contributed by atoms with Crippen LogP contribution in [0, 0.1) is 5.92 Å². The quantitative estimate of drug-likeness (QED) is 0.817. The lowest BCUT2D eigenvalue weighted by Gasteiger charge is -2.12. The maximum atomic E-state index is 5.81. The molecule has 0 bridgehead atoms. The number of rotatable bonds is 7. The highest BCUT2D eigenvalue weighted by Crippen LogP contribution is 2.32. The van der Waals surface area contributed by atoms with Crippen LogP contribution in [0.2, 0.25) is 0 Å². The fraction of sp³-hybridized carbons (Fsp3) is 0.600. The molecule has 1 aliphatic rings. The van der Waals surface area contributed by atoms with Gasteiger partial charge < -0.3 is 10.1 Å². The zero-order valence-corrected chi connectivity index (χ0v) is 12.8. The molecule has 0 radical (unpaired) electrons. The van der Waals surface area contributed by atoms with Gasteiger partial charge in [-0.1, -0.05) is 42.6 Å². The Kier molecular flexibility index (Phi) is 5.07. The number of ether oxygens (including phenoxy) is 1. The summed E-state index contributed by atoms with van der Waals surface area (Å²) in [5.74, 6) is 1.92. The van der Waals surface area contributed by atoms with Gasteiger partial charge in [0.1, 0.15) is 5.75 Å². The van der Waals surface area contributed by atoms with Crippen molar-refractivity contribution in [2.45, 2.75) is 45.7 Å². The van der Waals surface area contributed by atoms with Crippen LogP contribution in [-0.2, 0) is 6.54 Å². The van der Waals surface area contributed by atoms with Crippen molar-refractivity contribution < 1.29 is 4.74 Å². The summed E-state index contributed by atoms with van der Waals surface area (Å²) in [6.07, 6.45) is 4.00. The highest BCUT2D eigenvalue weighted by molar-refractivity contribution is 9.10. The standard InChI is InChI=1S/C15H22BrNO/c1-11(2)17-10-13-9-14(5-6-15(13)16)18-8-7-12-3-4-12/h5-6,9,11-12,17H,3-4,7-8,10H2,1-2H3. The molecule has 1 fully saturated rings.